The van der Waals surface area contributed by atoms with Crippen LogP contribution in [0.25, 0.3) is 0 Å². The summed E-state index contributed by atoms with van der Waals surface area (Å²) in [5.41, 5.74) is 2.41. The Morgan fingerprint density at radius 2 is 2.17 bits per heavy atom. The lowest BCUT2D eigenvalue weighted by Crippen LogP contribution is -2.40. The minimum atomic E-state index is -0.310. The van der Waals surface area contributed by atoms with Crippen LogP contribution in [0.3, 0.4) is 0 Å². The number of nitrogens with zero attached hydrogens (tertiary/aromatic N) is 3. The molecular weight excluding hydrogens is 384 g/mol. The monoisotopic (exact) mass is 410 g/mol. The lowest BCUT2D eigenvalue weighted by Gasteiger charge is -2.28. The number of anilines is 4. The zero-order chi connectivity index (χ0) is 20.7. The first-order chi connectivity index (χ1) is 13.9. The van der Waals surface area contributed by atoms with Gasteiger partial charge in [-0.05, 0) is 50.0 Å². The standard InChI is InChI=1S/C21H26N6OS/c1-10(2)7-15-20(28)26-17-18(25-15)23-12(4)24-19(17)27-21-14(9-22)13-6-5-11(3)8-16(13)29-21/h10-11,15H,5-8H2,1-4H3,(H,26,28)(H2,23,24,25,27). The van der Waals surface area contributed by atoms with Gasteiger partial charge in [-0.2, -0.15) is 5.26 Å². The minimum absolute atomic E-state index is 0.0819. The summed E-state index contributed by atoms with van der Waals surface area (Å²) >= 11 is 1.62. The van der Waals surface area contributed by atoms with E-state index in [-0.39, 0.29) is 11.9 Å². The van der Waals surface area contributed by atoms with Crippen molar-refractivity contribution >= 4 is 39.6 Å². The summed E-state index contributed by atoms with van der Waals surface area (Å²) in [5.74, 6) is 2.70. The second kappa shape index (κ2) is 7.64. The van der Waals surface area contributed by atoms with Gasteiger partial charge < -0.3 is 16.0 Å². The van der Waals surface area contributed by atoms with Crippen molar-refractivity contribution in [3.8, 4) is 6.07 Å². The molecule has 2 unspecified atom stereocenters. The third-order valence-corrected chi connectivity index (χ3v) is 6.63. The Hall–Kier alpha value is -2.66. The molecule has 1 amide bonds. The molecular formula is C21H26N6OS. The van der Waals surface area contributed by atoms with E-state index in [0.717, 1.165) is 36.2 Å². The number of aryl methyl sites for hydroxylation is 1. The van der Waals surface area contributed by atoms with Crippen molar-refractivity contribution in [2.75, 3.05) is 16.0 Å². The first-order valence-corrected chi connectivity index (χ1v) is 10.9. The highest BCUT2D eigenvalue weighted by Crippen LogP contribution is 2.42. The molecule has 2 aliphatic rings. The van der Waals surface area contributed by atoms with E-state index in [9.17, 15) is 10.1 Å². The smallest absolute Gasteiger partial charge is 0.247 e. The molecule has 2 aromatic heterocycles. The topological polar surface area (TPSA) is 103 Å². The first kappa shape index (κ1) is 19.6. The number of carbonyl (C=O) groups excluding carboxylic acids is 1. The van der Waals surface area contributed by atoms with E-state index < -0.39 is 0 Å². The molecule has 2 aromatic rings. The zero-order valence-electron chi connectivity index (χ0n) is 17.2. The normalized spacial score (nSPS) is 20.3. The summed E-state index contributed by atoms with van der Waals surface area (Å²) < 4.78 is 0. The molecule has 0 saturated carbocycles. The van der Waals surface area contributed by atoms with E-state index in [1.807, 2.05) is 6.92 Å². The highest BCUT2D eigenvalue weighted by atomic mass is 32.1. The fraction of sp³-hybridized carbons (Fsp3) is 0.524. The summed E-state index contributed by atoms with van der Waals surface area (Å²) in [6.45, 7) is 8.26. The maximum Gasteiger partial charge on any atom is 0.247 e. The number of carbonyl (C=O) groups is 1. The van der Waals surface area contributed by atoms with Crippen molar-refractivity contribution in [1.29, 1.82) is 5.26 Å². The van der Waals surface area contributed by atoms with E-state index in [0.29, 0.717) is 40.5 Å². The molecule has 4 rings (SSSR count). The average Bonchev–Trinajstić information content (AvgIpc) is 2.98. The molecule has 1 aliphatic heterocycles. The molecule has 0 bridgehead atoms. The van der Waals surface area contributed by atoms with Crippen LogP contribution < -0.4 is 16.0 Å². The fourth-order valence-electron chi connectivity index (χ4n) is 4.03. The van der Waals surface area contributed by atoms with E-state index in [1.54, 1.807) is 11.3 Å². The van der Waals surface area contributed by atoms with Gasteiger partial charge in [0.15, 0.2) is 11.6 Å². The molecule has 0 spiro atoms. The number of hydrogen-bond acceptors (Lipinski definition) is 7. The van der Waals surface area contributed by atoms with E-state index in [4.69, 9.17) is 0 Å². The third kappa shape index (κ3) is 3.79. The van der Waals surface area contributed by atoms with Crippen LogP contribution in [0.1, 0.15) is 55.4 Å². The molecule has 0 aromatic carbocycles. The SMILES string of the molecule is Cc1nc(Nc2sc3c(c2C#N)CCC(C)C3)c2c(n1)NC(CC(C)C)C(=O)N2. The van der Waals surface area contributed by atoms with Crippen LogP contribution in [0.15, 0.2) is 0 Å². The Morgan fingerprint density at radius 3 is 2.90 bits per heavy atom. The number of amides is 1. The molecule has 2 atom stereocenters. The molecule has 0 fully saturated rings. The number of nitriles is 1. The van der Waals surface area contributed by atoms with Gasteiger partial charge in [0.05, 0.1) is 5.56 Å². The highest BCUT2D eigenvalue weighted by molar-refractivity contribution is 7.16. The van der Waals surface area contributed by atoms with Crippen LogP contribution in [0.5, 0.6) is 0 Å². The van der Waals surface area contributed by atoms with E-state index in [2.05, 4.69) is 52.8 Å². The van der Waals surface area contributed by atoms with Crippen LogP contribution in [0.2, 0.25) is 0 Å². The largest absolute Gasteiger partial charge is 0.356 e. The number of fused-ring (bicyclic) bond motifs is 2. The van der Waals surface area contributed by atoms with Crippen LogP contribution >= 0.6 is 11.3 Å². The first-order valence-electron chi connectivity index (χ1n) is 10.1. The van der Waals surface area contributed by atoms with Gasteiger partial charge >= 0.3 is 0 Å². The molecule has 29 heavy (non-hydrogen) atoms. The molecule has 8 heteroatoms. The van der Waals surface area contributed by atoms with Gasteiger partial charge in [-0.25, -0.2) is 9.97 Å². The maximum atomic E-state index is 12.6. The van der Waals surface area contributed by atoms with Crippen molar-refractivity contribution in [3.05, 3.63) is 21.8 Å². The Bertz CT molecular complexity index is 1010. The lowest BCUT2D eigenvalue weighted by molar-refractivity contribution is -0.117. The van der Waals surface area contributed by atoms with Crippen molar-refractivity contribution < 1.29 is 4.79 Å². The summed E-state index contributed by atoms with van der Waals surface area (Å²) in [6.07, 6.45) is 3.78. The van der Waals surface area contributed by atoms with Gasteiger partial charge in [0.2, 0.25) is 5.91 Å². The Labute approximate surface area is 175 Å². The quantitative estimate of drug-likeness (QED) is 0.692. The number of rotatable bonds is 4. The van der Waals surface area contributed by atoms with Crippen molar-refractivity contribution in [3.63, 3.8) is 0 Å². The van der Waals surface area contributed by atoms with Crippen LogP contribution in [0, 0.1) is 30.1 Å². The lowest BCUT2D eigenvalue weighted by atomic mass is 9.89. The number of aromatic nitrogens is 2. The second-order valence-corrected chi connectivity index (χ2v) is 9.56. The molecule has 3 heterocycles. The zero-order valence-corrected chi connectivity index (χ0v) is 18.0. The molecule has 7 nitrogen and oxygen atoms in total. The predicted octanol–water partition coefficient (Wildman–Crippen LogP) is 4.37. The number of hydrogen-bond donors (Lipinski definition) is 3. The Kier molecular flexibility index (Phi) is 5.17. The van der Waals surface area contributed by atoms with Gasteiger partial charge in [-0.15, -0.1) is 11.3 Å². The predicted molar refractivity (Wildman–Crippen MR) is 116 cm³/mol. The van der Waals surface area contributed by atoms with Crippen molar-refractivity contribution in [1.82, 2.24) is 9.97 Å². The molecule has 1 aliphatic carbocycles. The van der Waals surface area contributed by atoms with Gasteiger partial charge in [0.1, 0.15) is 28.6 Å². The van der Waals surface area contributed by atoms with Gasteiger partial charge in [-0.3, -0.25) is 4.79 Å². The molecule has 0 saturated heterocycles. The van der Waals surface area contributed by atoms with Gasteiger partial charge in [-0.1, -0.05) is 20.8 Å². The van der Waals surface area contributed by atoms with Crippen molar-refractivity contribution in [2.24, 2.45) is 11.8 Å². The van der Waals surface area contributed by atoms with Crippen LogP contribution in [0.4, 0.5) is 22.3 Å². The Morgan fingerprint density at radius 1 is 1.38 bits per heavy atom. The van der Waals surface area contributed by atoms with E-state index >= 15 is 0 Å². The third-order valence-electron chi connectivity index (χ3n) is 5.46. The second-order valence-electron chi connectivity index (χ2n) is 8.45. The molecule has 0 radical (unpaired) electrons. The number of thiophene rings is 1. The molecule has 152 valence electrons. The fourth-order valence-corrected chi connectivity index (χ4v) is 5.39. The van der Waals surface area contributed by atoms with Gasteiger partial charge in [0, 0.05) is 4.88 Å². The summed E-state index contributed by atoms with van der Waals surface area (Å²) in [6, 6.07) is 2.06. The minimum Gasteiger partial charge on any atom is -0.356 e. The Balaban J connectivity index is 1.69. The summed E-state index contributed by atoms with van der Waals surface area (Å²) in [4.78, 5) is 22.9. The average molecular weight is 411 g/mol. The van der Waals surface area contributed by atoms with E-state index in [1.165, 1.54) is 4.88 Å². The highest BCUT2D eigenvalue weighted by Gasteiger charge is 2.31. The summed E-state index contributed by atoms with van der Waals surface area (Å²) in [5, 5.41) is 20.1. The van der Waals surface area contributed by atoms with Gasteiger partial charge in [0.25, 0.3) is 0 Å². The van der Waals surface area contributed by atoms with Crippen molar-refractivity contribution in [2.45, 2.75) is 59.4 Å². The summed E-state index contributed by atoms with van der Waals surface area (Å²) in [7, 11) is 0. The maximum absolute atomic E-state index is 12.6. The van der Waals surface area contributed by atoms with Crippen LogP contribution in [-0.4, -0.2) is 21.9 Å². The van der Waals surface area contributed by atoms with Crippen LogP contribution in [-0.2, 0) is 17.6 Å². The molecule has 3 N–H and O–H groups in total. The number of nitrogens with one attached hydrogen (secondary N) is 3.